The van der Waals surface area contributed by atoms with Crippen molar-refractivity contribution in [3.8, 4) is 22.0 Å². The predicted octanol–water partition coefficient (Wildman–Crippen LogP) is 5.61. The van der Waals surface area contributed by atoms with Gasteiger partial charge in [-0.15, -0.1) is 0 Å². The summed E-state index contributed by atoms with van der Waals surface area (Å²) in [6, 6.07) is 17.7. The van der Waals surface area contributed by atoms with Gasteiger partial charge in [0, 0.05) is 35.9 Å². The zero-order chi connectivity index (χ0) is 20.7. The summed E-state index contributed by atoms with van der Waals surface area (Å²) in [4.78, 5) is 23.0. The molecule has 1 saturated carbocycles. The van der Waals surface area contributed by atoms with E-state index in [0.29, 0.717) is 5.13 Å². The van der Waals surface area contributed by atoms with Crippen molar-refractivity contribution < 1.29 is 4.79 Å². The van der Waals surface area contributed by atoms with Crippen molar-refractivity contribution in [2.45, 2.75) is 12.3 Å². The number of nitrogens with zero attached hydrogens (tertiary/aromatic N) is 3. The van der Waals surface area contributed by atoms with E-state index in [1.165, 1.54) is 11.3 Å². The van der Waals surface area contributed by atoms with Gasteiger partial charge in [0.1, 0.15) is 0 Å². The summed E-state index contributed by atoms with van der Waals surface area (Å²) in [5, 5.41) is 4.33. The smallest absolute Gasteiger partial charge is 0.229 e. The summed E-state index contributed by atoms with van der Waals surface area (Å²) in [5.41, 5.74) is 2.85. The number of hydrogen-bond acceptors (Lipinski definition) is 4. The van der Waals surface area contributed by atoms with Crippen molar-refractivity contribution in [1.29, 1.82) is 0 Å². The molecule has 2 unspecified atom stereocenters. The zero-order valence-corrected chi connectivity index (χ0v) is 17.8. The second kappa shape index (κ2) is 7.70. The third-order valence-electron chi connectivity index (χ3n) is 5.36. The normalized spacial score (nSPS) is 17.7. The molecule has 0 spiro atoms. The number of amides is 1. The number of rotatable bonds is 5. The molecule has 7 heteroatoms. The van der Waals surface area contributed by atoms with Gasteiger partial charge >= 0.3 is 0 Å². The van der Waals surface area contributed by atoms with Gasteiger partial charge in [0.15, 0.2) is 11.0 Å². The van der Waals surface area contributed by atoms with Crippen molar-refractivity contribution in [3.63, 3.8) is 0 Å². The summed E-state index contributed by atoms with van der Waals surface area (Å²) in [6.45, 7) is 0. The molecule has 2 aromatic heterocycles. The minimum Gasteiger partial charge on any atom is -0.333 e. The lowest BCUT2D eigenvalue weighted by Crippen LogP contribution is -2.14. The second-order valence-electron chi connectivity index (χ2n) is 7.38. The monoisotopic (exact) mass is 434 g/mol. The highest BCUT2D eigenvalue weighted by molar-refractivity contribution is 7.19. The third kappa shape index (κ3) is 3.53. The molecule has 4 aromatic rings. The van der Waals surface area contributed by atoms with Gasteiger partial charge in [-0.05, 0) is 24.0 Å². The first-order valence-corrected chi connectivity index (χ1v) is 10.9. The quantitative estimate of drug-likeness (QED) is 0.444. The fraction of sp³-hybridized carbons (Fsp3) is 0.174. The molecular formula is C23H19ClN4OS. The SMILES string of the molecule is Cn1ccnc1-c1sc(NC(=O)C2CC2c2ccccc2Cl)nc1-c1ccccc1. The van der Waals surface area contributed by atoms with Crippen molar-refractivity contribution >= 4 is 34.0 Å². The van der Waals surface area contributed by atoms with Gasteiger partial charge in [-0.1, -0.05) is 71.5 Å². The maximum absolute atomic E-state index is 12.9. The van der Waals surface area contributed by atoms with Crippen LogP contribution in [0.3, 0.4) is 0 Å². The average Bonchev–Trinajstić information content (AvgIpc) is 3.27. The first-order chi connectivity index (χ1) is 14.6. The molecule has 30 heavy (non-hydrogen) atoms. The Morgan fingerprint density at radius 2 is 1.93 bits per heavy atom. The number of thiazole rings is 1. The Hall–Kier alpha value is -2.96. The molecule has 1 fully saturated rings. The highest BCUT2D eigenvalue weighted by Crippen LogP contribution is 2.50. The van der Waals surface area contributed by atoms with E-state index in [1.807, 2.05) is 72.4 Å². The van der Waals surface area contributed by atoms with Crippen molar-refractivity contribution in [2.75, 3.05) is 5.32 Å². The number of carbonyl (C=O) groups is 1. The van der Waals surface area contributed by atoms with E-state index in [4.69, 9.17) is 16.6 Å². The summed E-state index contributed by atoms with van der Waals surface area (Å²) in [6.07, 6.45) is 4.47. The number of aryl methyl sites for hydroxylation is 1. The summed E-state index contributed by atoms with van der Waals surface area (Å²) >= 11 is 7.75. The van der Waals surface area contributed by atoms with E-state index in [0.717, 1.165) is 39.0 Å². The Morgan fingerprint density at radius 3 is 2.67 bits per heavy atom. The number of hydrogen-bond donors (Lipinski definition) is 1. The molecule has 1 aliphatic rings. The largest absolute Gasteiger partial charge is 0.333 e. The zero-order valence-electron chi connectivity index (χ0n) is 16.2. The Labute approximate surface area is 183 Å². The Kier molecular flexibility index (Phi) is 4.89. The molecule has 0 bridgehead atoms. The van der Waals surface area contributed by atoms with E-state index in [1.54, 1.807) is 6.20 Å². The fourth-order valence-corrected chi connectivity index (χ4v) is 5.01. The van der Waals surface area contributed by atoms with Crippen molar-refractivity contribution in [1.82, 2.24) is 14.5 Å². The average molecular weight is 435 g/mol. The van der Waals surface area contributed by atoms with Gasteiger partial charge in [-0.3, -0.25) is 4.79 Å². The number of anilines is 1. The molecule has 0 saturated heterocycles. The second-order valence-corrected chi connectivity index (χ2v) is 8.79. The summed E-state index contributed by atoms with van der Waals surface area (Å²) in [7, 11) is 1.95. The fourth-order valence-electron chi connectivity index (χ4n) is 3.70. The highest BCUT2D eigenvalue weighted by atomic mass is 35.5. The maximum Gasteiger partial charge on any atom is 0.229 e. The summed E-state index contributed by atoms with van der Waals surface area (Å²) < 4.78 is 1.96. The van der Waals surface area contributed by atoms with Crippen molar-refractivity contribution in [3.05, 3.63) is 77.6 Å². The first-order valence-electron chi connectivity index (χ1n) is 9.71. The van der Waals surface area contributed by atoms with Crippen LogP contribution < -0.4 is 5.32 Å². The predicted molar refractivity (Wildman–Crippen MR) is 121 cm³/mol. The number of halogens is 1. The third-order valence-corrected chi connectivity index (χ3v) is 6.67. The Balaban J connectivity index is 1.42. The number of carbonyl (C=O) groups excluding carboxylic acids is 1. The minimum absolute atomic E-state index is 0.0142. The molecule has 150 valence electrons. The van der Waals surface area contributed by atoms with Crippen LogP contribution in [0.1, 0.15) is 17.9 Å². The van der Waals surface area contributed by atoms with E-state index in [-0.39, 0.29) is 17.7 Å². The van der Waals surface area contributed by atoms with E-state index >= 15 is 0 Å². The van der Waals surface area contributed by atoms with Crippen LogP contribution in [0.15, 0.2) is 67.0 Å². The van der Waals surface area contributed by atoms with Crippen LogP contribution in [0.25, 0.3) is 22.0 Å². The minimum atomic E-state index is -0.0782. The molecule has 0 radical (unpaired) electrons. The van der Waals surface area contributed by atoms with Crippen LogP contribution >= 0.6 is 22.9 Å². The molecule has 2 heterocycles. The lowest BCUT2D eigenvalue weighted by Gasteiger charge is -2.03. The van der Waals surface area contributed by atoms with Gasteiger partial charge in [0.05, 0.1) is 10.6 Å². The van der Waals surface area contributed by atoms with Crippen LogP contribution in [-0.4, -0.2) is 20.4 Å². The molecule has 5 nitrogen and oxygen atoms in total. The van der Waals surface area contributed by atoms with Gasteiger partial charge < -0.3 is 9.88 Å². The standard InChI is InChI=1S/C23H19ClN4OS/c1-28-12-11-25-21(28)20-19(14-7-3-2-4-8-14)26-23(30-20)27-22(29)17-13-16(17)15-9-5-6-10-18(15)24/h2-12,16-17H,13H2,1H3,(H,26,27,29). The molecular weight excluding hydrogens is 416 g/mol. The number of imidazole rings is 1. The van der Waals surface area contributed by atoms with Crippen LogP contribution in [0.2, 0.25) is 5.02 Å². The van der Waals surface area contributed by atoms with Gasteiger partial charge in [0.25, 0.3) is 0 Å². The molecule has 1 amide bonds. The van der Waals surface area contributed by atoms with Gasteiger partial charge in [-0.25, -0.2) is 9.97 Å². The number of benzene rings is 2. The highest BCUT2D eigenvalue weighted by Gasteiger charge is 2.45. The Bertz CT molecular complexity index is 1220. The molecule has 1 aliphatic carbocycles. The van der Waals surface area contributed by atoms with Gasteiger partial charge in [-0.2, -0.15) is 0 Å². The van der Waals surface area contributed by atoms with E-state index in [9.17, 15) is 4.79 Å². The van der Waals surface area contributed by atoms with Crippen molar-refractivity contribution in [2.24, 2.45) is 13.0 Å². The molecule has 1 N–H and O–H groups in total. The lowest BCUT2D eigenvalue weighted by molar-refractivity contribution is -0.117. The van der Waals surface area contributed by atoms with Gasteiger partial charge in [0.2, 0.25) is 5.91 Å². The van der Waals surface area contributed by atoms with Crippen LogP contribution in [0.4, 0.5) is 5.13 Å². The summed E-state index contributed by atoms with van der Waals surface area (Å²) in [5.74, 6) is 0.902. The topological polar surface area (TPSA) is 59.8 Å². The molecule has 0 aliphatic heterocycles. The molecule has 2 atom stereocenters. The molecule has 5 rings (SSSR count). The molecule has 2 aromatic carbocycles. The van der Waals surface area contributed by atoms with Crippen LogP contribution in [-0.2, 0) is 11.8 Å². The van der Waals surface area contributed by atoms with Crippen LogP contribution in [0, 0.1) is 5.92 Å². The van der Waals surface area contributed by atoms with E-state index in [2.05, 4.69) is 10.3 Å². The maximum atomic E-state index is 12.9. The Morgan fingerprint density at radius 1 is 1.17 bits per heavy atom. The lowest BCUT2D eigenvalue weighted by atomic mass is 10.1. The number of nitrogens with one attached hydrogen (secondary N) is 1. The van der Waals surface area contributed by atoms with Crippen LogP contribution in [0.5, 0.6) is 0 Å². The number of aromatic nitrogens is 3. The van der Waals surface area contributed by atoms with E-state index < -0.39 is 0 Å². The first kappa shape index (κ1) is 19.0.